The zero-order valence-corrected chi connectivity index (χ0v) is 14.7. The molecule has 1 atom stereocenters. The van der Waals surface area contributed by atoms with E-state index in [0.29, 0.717) is 49.4 Å². The second-order valence-electron chi connectivity index (χ2n) is 6.15. The first-order valence-corrected chi connectivity index (χ1v) is 8.73. The highest BCUT2D eigenvalue weighted by Gasteiger charge is 2.27. The van der Waals surface area contributed by atoms with Crippen molar-refractivity contribution >= 4 is 23.4 Å². The molecule has 1 saturated heterocycles. The van der Waals surface area contributed by atoms with Gasteiger partial charge in [0.1, 0.15) is 13.2 Å². The van der Waals surface area contributed by atoms with Gasteiger partial charge in [0.15, 0.2) is 11.5 Å². The van der Waals surface area contributed by atoms with Crippen LogP contribution < -0.4 is 14.8 Å². The molecule has 1 aromatic rings. The Balaban J connectivity index is 1.59. The van der Waals surface area contributed by atoms with Crippen LogP contribution in [0.15, 0.2) is 24.8 Å². The highest BCUT2D eigenvalue weighted by Crippen LogP contribution is 2.38. The average molecular weight is 365 g/mol. The van der Waals surface area contributed by atoms with E-state index in [0.717, 1.165) is 18.4 Å². The van der Waals surface area contributed by atoms with Crippen LogP contribution in [0, 0.1) is 5.92 Å². The van der Waals surface area contributed by atoms with E-state index in [9.17, 15) is 9.59 Å². The first kappa shape index (κ1) is 17.6. The van der Waals surface area contributed by atoms with Crippen molar-refractivity contribution in [2.24, 2.45) is 5.92 Å². The fourth-order valence-electron chi connectivity index (χ4n) is 3.12. The molecule has 0 spiro atoms. The van der Waals surface area contributed by atoms with E-state index >= 15 is 0 Å². The fourth-order valence-corrected chi connectivity index (χ4v) is 3.41. The van der Waals surface area contributed by atoms with Gasteiger partial charge in [-0.05, 0) is 36.6 Å². The van der Waals surface area contributed by atoms with E-state index < -0.39 is 0 Å². The highest BCUT2D eigenvalue weighted by molar-refractivity contribution is 6.32. The Morgan fingerprint density at radius 2 is 2.16 bits per heavy atom. The van der Waals surface area contributed by atoms with Crippen LogP contribution in [0.4, 0.5) is 0 Å². The molecule has 7 heteroatoms. The summed E-state index contributed by atoms with van der Waals surface area (Å²) in [6, 6.07) is 3.60. The summed E-state index contributed by atoms with van der Waals surface area (Å²) in [5.41, 5.74) is 0.845. The summed E-state index contributed by atoms with van der Waals surface area (Å²) in [6.07, 6.45) is 2.87. The monoisotopic (exact) mass is 364 g/mol. The number of piperidine rings is 1. The van der Waals surface area contributed by atoms with Gasteiger partial charge in [-0.15, -0.1) is 0 Å². The first-order valence-electron chi connectivity index (χ1n) is 8.35. The number of ether oxygens (including phenoxy) is 2. The lowest BCUT2D eigenvalue weighted by atomic mass is 9.97. The molecule has 0 aromatic heterocycles. The lowest BCUT2D eigenvalue weighted by Gasteiger charge is -2.31. The number of hydrogen-bond donors (Lipinski definition) is 1. The van der Waals surface area contributed by atoms with E-state index in [4.69, 9.17) is 21.1 Å². The minimum atomic E-state index is -0.203. The summed E-state index contributed by atoms with van der Waals surface area (Å²) >= 11 is 6.21. The number of nitrogens with zero attached hydrogens (tertiary/aromatic N) is 1. The SMILES string of the molecule is C=CC(=O)N1CCCC(C(=O)NCc2cc(Cl)c3c(c2)OCCO3)C1. The molecule has 1 unspecified atom stereocenters. The van der Waals surface area contributed by atoms with E-state index in [-0.39, 0.29) is 17.7 Å². The standard InChI is InChI=1S/C18H21ClN2O4/c1-2-16(22)21-5-3-4-13(11-21)18(23)20-10-12-8-14(19)17-15(9-12)24-6-7-25-17/h2,8-9,13H,1,3-7,10-11H2,(H,20,23). The van der Waals surface area contributed by atoms with E-state index in [2.05, 4.69) is 11.9 Å². The van der Waals surface area contributed by atoms with Crippen molar-refractivity contribution in [3.05, 3.63) is 35.4 Å². The van der Waals surface area contributed by atoms with Crippen LogP contribution in [0.3, 0.4) is 0 Å². The van der Waals surface area contributed by atoms with Crippen LogP contribution in [-0.2, 0) is 16.1 Å². The van der Waals surface area contributed by atoms with Crippen molar-refractivity contribution in [3.8, 4) is 11.5 Å². The number of carbonyl (C=O) groups excluding carboxylic acids is 2. The molecule has 1 N–H and O–H groups in total. The molecule has 2 aliphatic rings. The maximum absolute atomic E-state index is 12.4. The van der Waals surface area contributed by atoms with Crippen molar-refractivity contribution in [1.82, 2.24) is 10.2 Å². The van der Waals surface area contributed by atoms with E-state index in [1.165, 1.54) is 6.08 Å². The van der Waals surface area contributed by atoms with Gasteiger partial charge in [0.25, 0.3) is 0 Å². The van der Waals surface area contributed by atoms with Crippen LogP contribution >= 0.6 is 11.6 Å². The summed E-state index contributed by atoms with van der Waals surface area (Å²) in [5, 5.41) is 3.40. The molecule has 0 radical (unpaired) electrons. The predicted molar refractivity (Wildman–Crippen MR) is 93.8 cm³/mol. The Kier molecular flexibility index (Phi) is 5.48. The largest absolute Gasteiger partial charge is 0.486 e. The molecule has 134 valence electrons. The number of carbonyl (C=O) groups is 2. The summed E-state index contributed by atoms with van der Waals surface area (Å²) in [4.78, 5) is 25.8. The number of amides is 2. The molecule has 0 bridgehead atoms. The van der Waals surface area contributed by atoms with Gasteiger partial charge in [0.05, 0.1) is 10.9 Å². The van der Waals surface area contributed by atoms with Crippen molar-refractivity contribution < 1.29 is 19.1 Å². The molecule has 6 nitrogen and oxygen atoms in total. The van der Waals surface area contributed by atoms with Gasteiger partial charge in [-0.2, -0.15) is 0 Å². The lowest BCUT2D eigenvalue weighted by molar-refractivity contribution is -0.132. The molecule has 0 aliphatic carbocycles. The second kappa shape index (κ2) is 7.78. The lowest BCUT2D eigenvalue weighted by Crippen LogP contribution is -2.44. The Morgan fingerprint density at radius 1 is 1.36 bits per heavy atom. The molecule has 2 aliphatic heterocycles. The first-order chi connectivity index (χ1) is 12.1. The van der Waals surface area contributed by atoms with Crippen molar-refractivity contribution in [3.63, 3.8) is 0 Å². The highest BCUT2D eigenvalue weighted by atomic mass is 35.5. The number of likely N-dealkylation sites (tertiary alicyclic amines) is 1. The van der Waals surface area contributed by atoms with Crippen molar-refractivity contribution in [2.45, 2.75) is 19.4 Å². The topological polar surface area (TPSA) is 67.9 Å². The molecular formula is C18H21ClN2O4. The molecule has 3 rings (SSSR count). The van der Waals surface area contributed by atoms with Gasteiger partial charge >= 0.3 is 0 Å². The van der Waals surface area contributed by atoms with Gasteiger partial charge in [0.2, 0.25) is 11.8 Å². The molecule has 25 heavy (non-hydrogen) atoms. The number of rotatable bonds is 4. The number of hydrogen-bond acceptors (Lipinski definition) is 4. The average Bonchev–Trinajstić information content (AvgIpc) is 2.65. The van der Waals surface area contributed by atoms with Crippen LogP contribution in [-0.4, -0.2) is 43.0 Å². The smallest absolute Gasteiger partial charge is 0.245 e. The van der Waals surface area contributed by atoms with Gasteiger partial charge in [-0.1, -0.05) is 18.2 Å². The normalized spacial score (nSPS) is 19.2. The minimum absolute atomic E-state index is 0.0624. The molecule has 2 amide bonds. The third-order valence-corrected chi connectivity index (χ3v) is 4.68. The molecule has 0 saturated carbocycles. The molecule has 1 aromatic carbocycles. The number of fused-ring (bicyclic) bond motifs is 1. The Bertz CT molecular complexity index is 692. The Hall–Kier alpha value is -2.21. The van der Waals surface area contributed by atoms with E-state index in [1.807, 2.05) is 6.07 Å². The maximum atomic E-state index is 12.4. The predicted octanol–water partition coefficient (Wildman–Crippen LogP) is 2.15. The number of benzene rings is 1. The van der Waals surface area contributed by atoms with Gasteiger partial charge < -0.3 is 19.7 Å². The van der Waals surface area contributed by atoms with Crippen LogP contribution in [0.25, 0.3) is 0 Å². The minimum Gasteiger partial charge on any atom is -0.486 e. The number of nitrogens with one attached hydrogen (secondary N) is 1. The van der Waals surface area contributed by atoms with Gasteiger partial charge in [-0.25, -0.2) is 0 Å². The van der Waals surface area contributed by atoms with Crippen molar-refractivity contribution in [2.75, 3.05) is 26.3 Å². The zero-order chi connectivity index (χ0) is 17.8. The van der Waals surface area contributed by atoms with E-state index in [1.54, 1.807) is 11.0 Å². The summed E-state index contributed by atoms with van der Waals surface area (Å²) in [7, 11) is 0. The summed E-state index contributed by atoms with van der Waals surface area (Å²) in [6.45, 7) is 5.91. The molecular weight excluding hydrogens is 344 g/mol. The van der Waals surface area contributed by atoms with Crippen LogP contribution in [0.5, 0.6) is 11.5 Å². The Labute approximate surface area is 151 Å². The summed E-state index contributed by atoms with van der Waals surface area (Å²) in [5.74, 6) is 0.756. The Morgan fingerprint density at radius 3 is 2.96 bits per heavy atom. The summed E-state index contributed by atoms with van der Waals surface area (Å²) < 4.78 is 11.0. The van der Waals surface area contributed by atoms with Gasteiger partial charge in [-0.3, -0.25) is 9.59 Å². The second-order valence-corrected chi connectivity index (χ2v) is 6.55. The van der Waals surface area contributed by atoms with Crippen LogP contribution in [0.1, 0.15) is 18.4 Å². The number of halogens is 1. The van der Waals surface area contributed by atoms with Gasteiger partial charge in [0, 0.05) is 19.6 Å². The quantitative estimate of drug-likeness (QED) is 0.831. The van der Waals surface area contributed by atoms with Crippen LogP contribution in [0.2, 0.25) is 5.02 Å². The fraction of sp³-hybridized carbons (Fsp3) is 0.444. The third kappa shape index (κ3) is 4.07. The molecule has 1 fully saturated rings. The maximum Gasteiger partial charge on any atom is 0.245 e. The molecule has 2 heterocycles. The third-order valence-electron chi connectivity index (χ3n) is 4.40. The van der Waals surface area contributed by atoms with Crippen molar-refractivity contribution in [1.29, 1.82) is 0 Å². The zero-order valence-electron chi connectivity index (χ0n) is 13.9.